The number of alkyl halides is 3. The van der Waals surface area contributed by atoms with Gasteiger partial charge in [-0.25, -0.2) is 4.98 Å². The van der Waals surface area contributed by atoms with Crippen LogP contribution in [0.4, 0.5) is 13.2 Å². The number of aryl methyl sites for hydroxylation is 1. The van der Waals surface area contributed by atoms with Crippen LogP contribution in [0.3, 0.4) is 0 Å². The lowest BCUT2D eigenvalue weighted by molar-refractivity contribution is -0.136. The Morgan fingerprint density at radius 1 is 1.32 bits per heavy atom. The average molecular weight is 432 g/mol. The summed E-state index contributed by atoms with van der Waals surface area (Å²) in [4.78, 5) is 22.9. The first-order valence-corrected chi connectivity index (χ1v) is 10.2. The molecule has 0 saturated carbocycles. The Bertz CT molecular complexity index is 1120. The van der Waals surface area contributed by atoms with Crippen LogP contribution in [0.15, 0.2) is 29.0 Å². The van der Waals surface area contributed by atoms with Gasteiger partial charge in [-0.1, -0.05) is 19.0 Å². The molecule has 1 unspecified atom stereocenters. The Balaban J connectivity index is 1.72. The summed E-state index contributed by atoms with van der Waals surface area (Å²) in [6.45, 7) is 6.16. The van der Waals surface area contributed by atoms with Gasteiger partial charge in [0, 0.05) is 42.7 Å². The Kier molecular flexibility index (Phi) is 5.45. The monoisotopic (exact) mass is 432 g/mol. The number of hydrogen-bond donors (Lipinski definition) is 0. The average Bonchev–Trinajstić information content (AvgIpc) is 3.16. The molecule has 4 heterocycles. The highest BCUT2D eigenvalue weighted by Crippen LogP contribution is 2.40. The Morgan fingerprint density at radius 2 is 2.10 bits per heavy atom. The van der Waals surface area contributed by atoms with Crippen molar-refractivity contribution in [3.8, 4) is 0 Å². The molecular weight excluding hydrogens is 409 g/mol. The predicted octanol–water partition coefficient (Wildman–Crippen LogP) is 5.09. The van der Waals surface area contributed by atoms with Crippen LogP contribution in [0.2, 0.25) is 0 Å². The van der Waals surface area contributed by atoms with Gasteiger partial charge in [0.05, 0.1) is 16.6 Å². The van der Waals surface area contributed by atoms with E-state index in [0.717, 1.165) is 11.6 Å². The highest BCUT2D eigenvalue weighted by Gasteiger charge is 2.38. The molecule has 1 atom stereocenters. The van der Waals surface area contributed by atoms with E-state index in [1.54, 1.807) is 44.1 Å². The molecule has 0 radical (unpaired) electrons. The molecule has 1 saturated heterocycles. The molecule has 1 amide bonds. The van der Waals surface area contributed by atoms with Crippen molar-refractivity contribution in [2.75, 3.05) is 13.1 Å². The van der Waals surface area contributed by atoms with E-state index < -0.39 is 11.7 Å². The zero-order valence-corrected chi connectivity index (χ0v) is 17.5. The van der Waals surface area contributed by atoms with Crippen LogP contribution < -0.4 is 0 Å². The van der Waals surface area contributed by atoms with Crippen LogP contribution in [0.1, 0.15) is 71.4 Å². The third-order valence-corrected chi connectivity index (χ3v) is 5.74. The van der Waals surface area contributed by atoms with E-state index in [9.17, 15) is 18.0 Å². The summed E-state index contributed by atoms with van der Waals surface area (Å²) in [6, 6.07) is 2.74. The van der Waals surface area contributed by atoms with Gasteiger partial charge in [0.2, 0.25) is 0 Å². The van der Waals surface area contributed by atoms with Gasteiger partial charge in [0.15, 0.2) is 0 Å². The number of carbonyl (C=O) groups is 1. The maximum absolute atomic E-state index is 13.9. The van der Waals surface area contributed by atoms with E-state index >= 15 is 0 Å². The number of carbonyl (C=O) groups excluding carboxylic acids is 1. The molecule has 3 aromatic rings. The number of pyridine rings is 2. The molecule has 0 spiro atoms. The van der Waals surface area contributed by atoms with E-state index in [1.807, 2.05) is 0 Å². The van der Waals surface area contributed by atoms with Gasteiger partial charge in [-0.15, -0.1) is 0 Å². The Hall–Kier alpha value is -2.97. The SMILES string of the molecule is Cc1cnccc1C(=O)N1CCCC(c2noc3nc(C(C)C)cc(C(F)(F)F)c23)C1. The minimum absolute atomic E-state index is 0.101. The van der Waals surface area contributed by atoms with E-state index in [-0.39, 0.29) is 41.1 Å². The molecule has 0 bridgehead atoms. The number of nitrogens with zero attached hydrogens (tertiary/aromatic N) is 4. The molecule has 0 aromatic carbocycles. The van der Waals surface area contributed by atoms with Crippen LogP contribution in [-0.4, -0.2) is 39.0 Å². The molecule has 0 N–H and O–H groups in total. The van der Waals surface area contributed by atoms with Gasteiger partial charge in [0.1, 0.15) is 0 Å². The minimum Gasteiger partial charge on any atom is -0.338 e. The fraction of sp³-hybridized carbons (Fsp3) is 0.455. The van der Waals surface area contributed by atoms with Crippen molar-refractivity contribution >= 4 is 17.0 Å². The number of rotatable bonds is 3. The summed E-state index contributed by atoms with van der Waals surface area (Å²) >= 11 is 0. The van der Waals surface area contributed by atoms with Crippen molar-refractivity contribution in [3.63, 3.8) is 0 Å². The number of halogens is 3. The van der Waals surface area contributed by atoms with Crippen molar-refractivity contribution in [1.82, 2.24) is 20.0 Å². The summed E-state index contributed by atoms with van der Waals surface area (Å²) < 4.78 is 46.9. The van der Waals surface area contributed by atoms with Crippen molar-refractivity contribution in [2.24, 2.45) is 0 Å². The number of piperidine rings is 1. The molecule has 1 aliphatic rings. The predicted molar refractivity (Wildman–Crippen MR) is 108 cm³/mol. The van der Waals surface area contributed by atoms with E-state index in [2.05, 4.69) is 15.1 Å². The lowest BCUT2D eigenvalue weighted by Gasteiger charge is -2.32. The molecule has 1 fully saturated rings. The third kappa shape index (κ3) is 4.00. The second kappa shape index (κ2) is 7.94. The fourth-order valence-corrected chi connectivity index (χ4v) is 4.06. The number of likely N-dealkylation sites (tertiary alicyclic amines) is 1. The van der Waals surface area contributed by atoms with Gasteiger partial charge in [-0.05, 0) is 43.4 Å². The molecule has 31 heavy (non-hydrogen) atoms. The standard InChI is InChI=1S/C22H23F3N4O2/c1-12(2)17-9-16(22(23,24)25)18-19(28-31-20(18)27-17)14-5-4-8-29(11-14)21(30)15-6-7-26-10-13(15)3/h6-7,9-10,12,14H,4-5,8,11H2,1-3H3. The normalized spacial score (nSPS) is 17.5. The third-order valence-electron chi connectivity index (χ3n) is 5.74. The van der Waals surface area contributed by atoms with Crippen LogP contribution in [-0.2, 0) is 6.18 Å². The lowest BCUT2D eigenvalue weighted by atomic mass is 9.91. The summed E-state index contributed by atoms with van der Waals surface area (Å²) in [5.74, 6) is -0.715. The van der Waals surface area contributed by atoms with E-state index in [0.29, 0.717) is 30.6 Å². The first kappa shape index (κ1) is 21.3. The smallest absolute Gasteiger partial charge is 0.338 e. The van der Waals surface area contributed by atoms with Crippen molar-refractivity contribution in [3.05, 3.63) is 52.6 Å². The molecule has 4 rings (SSSR count). The Labute approximate surface area is 177 Å². The molecular formula is C22H23F3N4O2. The van der Waals surface area contributed by atoms with E-state index in [4.69, 9.17) is 4.52 Å². The topological polar surface area (TPSA) is 72.1 Å². The van der Waals surface area contributed by atoms with Gasteiger partial charge >= 0.3 is 6.18 Å². The quantitative estimate of drug-likeness (QED) is 0.577. The molecule has 6 nitrogen and oxygen atoms in total. The van der Waals surface area contributed by atoms with E-state index in [1.165, 1.54) is 0 Å². The maximum Gasteiger partial charge on any atom is 0.417 e. The molecule has 0 aliphatic carbocycles. The molecule has 9 heteroatoms. The molecule has 3 aromatic heterocycles. The number of fused-ring (bicyclic) bond motifs is 1. The second-order valence-corrected chi connectivity index (χ2v) is 8.28. The highest BCUT2D eigenvalue weighted by atomic mass is 19.4. The molecule has 164 valence electrons. The number of hydrogen-bond acceptors (Lipinski definition) is 5. The summed E-state index contributed by atoms with van der Waals surface area (Å²) in [6.07, 6.45) is -0.116. The minimum atomic E-state index is -4.57. The van der Waals surface area contributed by atoms with Gasteiger partial charge in [0.25, 0.3) is 11.6 Å². The van der Waals surface area contributed by atoms with Crippen molar-refractivity contribution in [1.29, 1.82) is 0 Å². The van der Waals surface area contributed by atoms with Crippen molar-refractivity contribution < 1.29 is 22.5 Å². The fourth-order valence-electron chi connectivity index (χ4n) is 4.06. The molecule has 1 aliphatic heterocycles. The largest absolute Gasteiger partial charge is 0.417 e. The zero-order valence-electron chi connectivity index (χ0n) is 17.5. The summed E-state index contributed by atoms with van der Waals surface area (Å²) in [7, 11) is 0. The zero-order chi connectivity index (χ0) is 22.3. The van der Waals surface area contributed by atoms with Gasteiger partial charge in [-0.3, -0.25) is 9.78 Å². The first-order valence-electron chi connectivity index (χ1n) is 10.2. The highest BCUT2D eigenvalue weighted by molar-refractivity contribution is 5.95. The van der Waals surface area contributed by atoms with Gasteiger partial charge < -0.3 is 9.42 Å². The number of amides is 1. The number of aromatic nitrogens is 3. The van der Waals surface area contributed by atoms with Crippen LogP contribution in [0.25, 0.3) is 11.1 Å². The first-order chi connectivity index (χ1) is 14.7. The second-order valence-electron chi connectivity index (χ2n) is 8.28. The van der Waals surface area contributed by atoms with Crippen LogP contribution >= 0.6 is 0 Å². The van der Waals surface area contributed by atoms with Crippen LogP contribution in [0.5, 0.6) is 0 Å². The summed E-state index contributed by atoms with van der Waals surface area (Å²) in [5, 5.41) is 3.89. The maximum atomic E-state index is 13.9. The van der Waals surface area contributed by atoms with Crippen molar-refractivity contribution in [2.45, 2.75) is 51.6 Å². The van der Waals surface area contributed by atoms with Gasteiger partial charge in [-0.2, -0.15) is 13.2 Å². The Morgan fingerprint density at radius 3 is 2.77 bits per heavy atom. The lowest BCUT2D eigenvalue weighted by Crippen LogP contribution is -2.39. The van der Waals surface area contributed by atoms with Crippen LogP contribution in [0, 0.1) is 6.92 Å². The summed E-state index contributed by atoms with van der Waals surface area (Å²) in [5.41, 5.74) is 0.921.